The number of aromatic nitrogens is 1. The summed E-state index contributed by atoms with van der Waals surface area (Å²) in [7, 11) is 0. The van der Waals surface area contributed by atoms with E-state index in [4.69, 9.17) is 9.26 Å². The summed E-state index contributed by atoms with van der Waals surface area (Å²) in [6.45, 7) is 4.23. The van der Waals surface area contributed by atoms with E-state index in [1.54, 1.807) is 61.5 Å². The standard InChI is InChI=1S/C24H21BrN2O5/c1-3-11-31-18-6-4-5-16(13-18)21-20(22(28)15-7-9-17(25)10-8-15)23(29)24(30)27(21)19-12-14(2)32-26-19/h4-10,12-13,21,28H,3,11H2,1-2H3/b22-20+. The number of anilines is 1. The van der Waals surface area contributed by atoms with Crippen LogP contribution in [0.2, 0.25) is 0 Å². The fraction of sp³-hybridized carbons (Fsp3) is 0.208. The van der Waals surface area contributed by atoms with E-state index >= 15 is 0 Å². The molecule has 1 unspecified atom stereocenters. The van der Waals surface area contributed by atoms with Gasteiger partial charge in [-0.25, -0.2) is 0 Å². The Morgan fingerprint density at radius 2 is 1.94 bits per heavy atom. The Kier molecular flexibility index (Phi) is 6.14. The first kappa shape index (κ1) is 21.8. The van der Waals surface area contributed by atoms with Gasteiger partial charge < -0.3 is 14.4 Å². The maximum absolute atomic E-state index is 13.1. The fourth-order valence-electron chi connectivity index (χ4n) is 3.61. The minimum atomic E-state index is -0.895. The van der Waals surface area contributed by atoms with Crippen molar-refractivity contribution in [3.05, 3.63) is 81.5 Å². The van der Waals surface area contributed by atoms with Crippen molar-refractivity contribution in [3.63, 3.8) is 0 Å². The normalized spacial score (nSPS) is 17.7. The molecule has 0 spiro atoms. The zero-order chi connectivity index (χ0) is 22.8. The lowest BCUT2D eigenvalue weighted by molar-refractivity contribution is -0.132. The number of ketones is 1. The maximum Gasteiger partial charge on any atom is 0.301 e. The van der Waals surface area contributed by atoms with E-state index in [1.807, 2.05) is 6.92 Å². The summed E-state index contributed by atoms with van der Waals surface area (Å²) < 4.78 is 11.7. The summed E-state index contributed by atoms with van der Waals surface area (Å²) in [5.74, 6) is -0.547. The van der Waals surface area contributed by atoms with Crippen LogP contribution in [-0.4, -0.2) is 28.6 Å². The summed E-state index contributed by atoms with van der Waals surface area (Å²) >= 11 is 3.36. The van der Waals surface area contributed by atoms with Crippen molar-refractivity contribution in [2.45, 2.75) is 26.3 Å². The highest BCUT2D eigenvalue weighted by Crippen LogP contribution is 2.42. The number of ether oxygens (including phenoxy) is 1. The molecule has 32 heavy (non-hydrogen) atoms. The highest BCUT2D eigenvalue weighted by atomic mass is 79.9. The Morgan fingerprint density at radius 3 is 2.59 bits per heavy atom. The van der Waals surface area contributed by atoms with Gasteiger partial charge in [-0.3, -0.25) is 14.5 Å². The lowest BCUT2D eigenvalue weighted by atomic mass is 9.95. The van der Waals surface area contributed by atoms with Gasteiger partial charge in [0, 0.05) is 16.1 Å². The van der Waals surface area contributed by atoms with E-state index in [-0.39, 0.29) is 17.2 Å². The lowest BCUT2D eigenvalue weighted by Crippen LogP contribution is -2.29. The molecular formula is C24H21BrN2O5. The third-order valence-corrected chi connectivity index (χ3v) is 5.60. The van der Waals surface area contributed by atoms with Crippen LogP contribution in [0.25, 0.3) is 5.76 Å². The van der Waals surface area contributed by atoms with Crippen molar-refractivity contribution in [2.75, 3.05) is 11.5 Å². The molecule has 4 rings (SSSR count). The Morgan fingerprint density at radius 1 is 1.19 bits per heavy atom. The second-order valence-electron chi connectivity index (χ2n) is 7.39. The van der Waals surface area contributed by atoms with Crippen molar-refractivity contribution >= 4 is 39.2 Å². The number of amides is 1. The number of carbonyl (C=O) groups excluding carboxylic acids is 2. The van der Waals surface area contributed by atoms with E-state index in [2.05, 4.69) is 21.1 Å². The number of benzene rings is 2. The molecule has 2 aromatic carbocycles. The molecule has 7 nitrogen and oxygen atoms in total. The Hall–Kier alpha value is -3.39. The molecule has 8 heteroatoms. The quantitative estimate of drug-likeness (QED) is 0.287. The highest BCUT2D eigenvalue weighted by Gasteiger charge is 2.48. The Balaban J connectivity index is 1.90. The molecule has 1 N–H and O–H groups in total. The van der Waals surface area contributed by atoms with Crippen LogP contribution in [0.4, 0.5) is 5.82 Å². The second-order valence-corrected chi connectivity index (χ2v) is 8.31. The summed E-state index contributed by atoms with van der Waals surface area (Å²) in [5, 5.41) is 15.0. The first-order valence-corrected chi connectivity index (χ1v) is 10.9. The van der Waals surface area contributed by atoms with Gasteiger partial charge in [0.1, 0.15) is 17.3 Å². The van der Waals surface area contributed by atoms with Gasteiger partial charge in [-0.2, -0.15) is 0 Å². The Bertz CT molecular complexity index is 1200. The number of hydrogen-bond acceptors (Lipinski definition) is 6. The molecule has 1 saturated heterocycles. The van der Waals surface area contributed by atoms with Gasteiger partial charge >= 0.3 is 5.91 Å². The monoisotopic (exact) mass is 496 g/mol. The fourth-order valence-corrected chi connectivity index (χ4v) is 3.87. The molecule has 164 valence electrons. The summed E-state index contributed by atoms with van der Waals surface area (Å²) in [6, 6.07) is 14.7. The lowest BCUT2D eigenvalue weighted by Gasteiger charge is -2.23. The van der Waals surface area contributed by atoms with Crippen LogP contribution in [0.1, 0.15) is 36.3 Å². The number of halogens is 1. The first-order valence-electron chi connectivity index (χ1n) is 10.1. The van der Waals surface area contributed by atoms with Gasteiger partial charge in [-0.05, 0) is 43.2 Å². The predicted octanol–water partition coefficient (Wildman–Crippen LogP) is 5.16. The molecule has 1 aromatic heterocycles. The molecule has 1 aliphatic heterocycles. The van der Waals surface area contributed by atoms with E-state index < -0.39 is 17.7 Å². The van der Waals surface area contributed by atoms with Gasteiger partial charge in [0.2, 0.25) is 0 Å². The van der Waals surface area contributed by atoms with Gasteiger partial charge in [-0.1, -0.05) is 52.3 Å². The van der Waals surface area contributed by atoms with Crippen molar-refractivity contribution in [2.24, 2.45) is 0 Å². The predicted molar refractivity (Wildman–Crippen MR) is 122 cm³/mol. The number of aliphatic hydroxyl groups excluding tert-OH is 1. The summed E-state index contributed by atoms with van der Waals surface area (Å²) in [5.41, 5.74) is 1.01. The zero-order valence-electron chi connectivity index (χ0n) is 17.5. The molecule has 2 heterocycles. The van der Waals surface area contributed by atoms with Gasteiger partial charge in [0.05, 0.1) is 18.2 Å². The maximum atomic E-state index is 13.1. The molecular weight excluding hydrogens is 476 g/mol. The van der Waals surface area contributed by atoms with Crippen LogP contribution in [-0.2, 0) is 9.59 Å². The highest BCUT2D eigenvalue weighted by molar-refractivity contribution is 9.10. The number of carbonyl (C=O) groups is 2. The SMILES string of the molecule is CCCOc1cccc(C2/C(=C(\O)c3ccc(Br)cc3)C(=O)C(=O)N2c2cc(C)on2)c1. The van der Waals surface area contributed by atoms with Gasteiger partial charge in [-0.15, -0.1) is 0 Å². The third-order valence-electron chi connectivity index (χ3n) is 5.07. The minimum Gasteiger partial charge on any atom is -0.507 e. The van der Waals surface area contributed by atoms with Crippen molar-refractivity contribution in [1.82, 2.24) is 5.16 Å². The average molecular weight is 497 g/mol. The third kappa shape index (κ3) is 4.05. The number of hydrogen-bond donors (Lipinski definition) is 1. The number of nitrogens with zero attached hydrogens (tertiary/aromatic N) is 2. The zero-order valence-corrected chi connectivity index (χ0v) is 19.1. The molecule has 0 bridgehead atoms. The first-order chi connectivity index (χ1) is 15.4. The van der Waals surface area contributed by atoms with Gasteiger partial charge in [0.25, 0.3) is 5.78 Å². The second kappa shape index (κ2) is 9.00. The summed E-state index contributed by atoms with van der Waals surface area (Å²) in [4.78, 5) is 27.4. The number of aliphatic hydroxyl groups is 1. The van der Waals surface area contributed by atoms with Crippen LogP contribution in [0, 0.1) is 6.92 Å². The van der Waals surface area contributed by atoms with Crippen LogP contribution in [0.15, 0.2) is 69.2 Å². The molecule has 0 radical (unpaired) electrons. The largest absolute Gasteiger partial charge is 0.507 e. The Labute approximate surface area is 193 Å². The molecule has 1 amide bonds. The van der Waals surface area contributed by atoms with Crippen LogP contribution >= 0.6 is 15.9 Å². The van der Waals surface area contributed by atoms with E-state index in [0.717, 1.165) is 10.9 Å². The molecule has 0 aliphatic carbocycles. The topological polar surface area (TPSA) is 92.9 Å². The van der Waals surface area contributed by atoms with Crippen molar-refractivity contribution < 1.29 is 24.0 Å². The average Bonchev–Trinajstić information content (AvgIpc) is 3.33. The molecule has 3 aromatic rings. The van der Waals surface area contributed by atoms with Crippen molar-refractivity contribution in [3.8, 4) is 5.75 Å². The number of Topliss-reactive ketones (excluding diaryl/α,β-unsaturated/α-hetero) is 1. The number of rotatable bonds is 6. The summed E-state index contributed by atoms with van der Waals surface area (Å²) in [6.07, 6.45) is 0.838. The number of aryl methyl sites for hydroxylation is 1. The van der Waals surface area contributed by atoms with Crippen LogP contribution in [0.5, 0.6) is 5.75 Å². The van der Waals surface area contributed by atoms with Gasteiger partial charge in [0.15, 0.2) is 5.82 Å². The molecule has 1 aliphatic rings. The van der Waals surface area contributed by atoms with Crippen molar-refractivity contribution in [1.29, 1.82) is 0 Å². The molecule has 1 fully saturated rings. The molecule has 1 atom stereocenters. The van der Waals surface area contributed by atoms with E-state index in [0.29, 0.717) is 29.2 Å². The molecule has 0 saturated carbocycles. The van der Waals surface area contributed by atoms with E-state index in [9.17, 15) is 14.7 Å². The van der Waals surface area contributed by atoms with Crippen LogP contribution < -0.4 is 9.64 Å². The minimum absolute atomic E-state index is 0.0226. The smallest absolute Gasteiger partial charge is 0.301 e. The van der Waals surface area contributed by atoms with Crippen LogP contribution in [0.3, 0.4) is 0 Å². The van der Waals surface area contributed by atoms with E-state index in [1.165, 1.54) is 4.90 Å².